The van der Waals surface area contributed by atoms with Crippen LogP contribution in [0, 0.1) is 11.6 Å². The molecule has 162 valence electrons. The summed E-state index contributed by atoms with van der Waals surface area (Å²) in [6, 6.07) is 5.82. The molecule has 0 spiro atoms. The number of rotatable bonds is 5. The van der Waals surface area contributed by atoms with Gasteiger partial charge < -0.3 is 14.0 Å². The summed E-state index contributed by atoms with van der Waals surface area (Å²) in [4.78, 5) is -0.742. The SMILES string of the molecule is COc1cc(F)c(S(=O)(=O)Nc2cccc(B3OC(C)(C)C(C)(C)O3)c2F)cc1Cl. The van der Waals surface area contributed by atoms with Crippen LogP contribution in [-0.2, 0) is 19.3 Å². The van der Waals surface area contributed by atoms with Crippen LogP contribution in [0.1, 0.15) is 27.7 Å². The van der Waals surface area contributed by atoms with E-state index in [1.54, 1.807) is 0 Å². The Morgan fingerprint density at radius 3 is 2.27 bits per heavy atom. The van der Waals surface area contributed by atoms with E-state index in [0.717, 1.165) is 12.1 Å². The predicted molar refractivity (Wildman–Crippen MR) is 111 cm³/mol. The largest absolute Gasteiger partial charge is 0.497 e. The standard InChI is InChI=1S/C19H21BClF2NO5S/c1-18(2)19(3,4)29-20(28-18)11-7-6-8-14(17(11)23)24-30(25,26)16-9-12(21)15(27-5)10-13(16)22/h6-10,24H,1-5H3. The molecule has 0 aliphatic carbocycles. The zero-order valence-electron chi connectivity index (χ0n) is 17.0. The fraction of sp³-hybridized carbons (Fsp3) is 0.368. The van der Waals surface area contributed by atoms with E-state index >= 15 is 4.39 Å². The van der Waals surface area contributed by atoms with Crippen molar-refractivity contribution in [3.8, 4) is 5.75 Å². The van der Waals surface area contributed by atoms with Gasteiger partial charge in [0, 0.05) is 11.5 Å². The van der Waals surface area contributed by atoms with Gasteiger partial charge in [-0.1, -0.05) is 23.7 Å². The number of benzene rings is 2. The molecule has 1 aliphatic rings. The van der Waals surface area contributed by atoms with Gasteiger partial charge in [-0.3, -0.25) is 4.72 Å². The highest BCUT2D eigenvalue weighted by atomic mass is 35.5. The van der Waals surface area contributed by atoms with Crippen molar-refractivity contribution < 1.29 is 31.2 Å². The van der Waals surface area contributed by atoms with E-state index in [4.69, 9.17) is 25.6 Å². The van der Waals surface area contributed by atoms with Gasteiger partial charge >= 0.3 is 7.12 Å². The normalized spacial score (nSPS) is 17.8. The van der Waals surface area contributed by atoms with Gasteiger partial charge in [-0.2, -0.15) is 0 Å². The van der Waals surface area contributed by atoms with Crippen LogP contribution >= 0.6 is 11.6 Å². The van der Waals surface area contributed by atoms with Crippen LogP contribution in [-0.4, -0.2) is 33.8 Å². The molecular formula is C19H21BClF2NO5S. The van der Waals surface area contributed by atoms with Crippen molar-refractivity contribution in [1.29, 1.82) is 0 Å². The van der Waals surface area contributed by atoms with Crippen molar-refractivity contribution in [2.45, 2.75) is 43.8 Å². The fourth-order valence-electron chi connectivity index (χ4n) is 2.85. The number of hydrogen-bond acceptors (Lipinski definition) is 5. The van der Waals surface area contributed by atoms with E-state index in [-0.39, 0.29) is 21.9 Å². The van der Waals surface area contributed by atoms with E-state index < -0.39 is 44.9 Å². The van der Waals surface area contributed by atoms with E-state index in [0.29, 0.717) is 0 Å². The number of ether oxygens (including phenoxy) is 1. The summed E-state index contributed by atoms with van der Waals surface area (Å²) in [5.74, 6) is -2.01. The van der Waals surface area contributed by atoms with Crippen molar-refractivity contribution in [2.24, 2.45) is 0 Å². The van der Waals surface area contributed by atoms with Gasteiger partial charge in [0.25, 0.3) is 10.0 Å². The first-order valence-corrected chi connectivity index (χ1v) is 10.8. The highest BCUT2D eigenvalue weighted by Gasteiger charge is 2.52. The van der Waals surface area contributed by atoms with Gasteiger partial charge in [-0.05, 0) is 39.8 Å². The van der Waals surface area contributed by atoms with E-state index in [9.17, 15) is 12.8 Å². The lowest BCUT2D eigenvalue weighted by atomic mass is 9.78. The van der Waals surface area contributed by atoms with Gasteiger partial charge in [0.05, 0.1) is 29.0 Å². The van der Waals surface area contributed by atoms with Gasteiger partial charge in [-0.25, -0.2) is 17.2 Å². The molecule has 0 atom stereocenters. The van der Waals surface area contributed by atoms with Crippen molar-refractivity contribution >= 4 is 39.9 Å². The molecule has 0 bridgehead atoms. The molecule has 1 N–H and O–H groups in total. The first kappa shape index (κ1) is 22.8. The fourth-order valence-corrected chi connectivity index (χ4v) is 4.30. The Labute approximate surface area is 179 Å². The first-order valence-electron chi connectivity index (χ1n) is 8.99. The van der Waals surface area contributed by atoms with Crippen LogP contribution in [0.15, 0.2) is 35.2 Å². The van der Waals surface area contributed by atoms with E-state index in [1.807, 2.05) is 27.7 Å². The lowest BCUT2D eigenvalue weighted by Gasteiger charge is -2.32. The molecule has 0 aromatic heterocycles. The van der Waals surface area contributed by atoms with Crippen LogP contribution in [0.2, 0.25) is 5.02 Å². The summed E-state index contributed by atoms with van der Waals surface area (Å²) < 4.78 is 73.4. The molecule has 6 nitrogen and oxygen atoms in total. The summed E-state index contributed by atoms with van der Waals surface area (Å²) in [7, 11) is -4.25. The zero-order chi connectivity index (χ0) is 22.5. The average molecular weight is 460 g/mol. The molecule has 2 aromatic carbocycles. The Balaban J connectivity index is 1.95. The minimum absolute atomic E-state index is 0.0158. The van der Waals surface area contributed by atoms with Crippen LogP contribution in [0.25, 0.3) is 0 Å². The third kappa shape index (κ3) is 4.01. The van der Waals surface area contributed by atoms with E-state index in [1.165, 1.54) is 25.3 Å². The molecule has 0 radical (unpaired) electrons. The van der Waals surface area contributed by atoms with Crippen molar-refractivity contribution in [3.05, 3.63) is 47.0 Å². The molecule has 1 fully saturated rings. The molecule has 0 unspecified atom stereocenters. The number of anilines is 1. The molecule has 1 saturated heterocycles. The molecule has 1 heterocycles. The number of sulfonamides is 1. The summed E-state index contributed by atoms with van der Waals surface area (Å²) in [5.41, 5.74) is -1.78. The van der Waals surface area contributed by atoms with Gasteiger partial charge in [0.2, 0.25) is 0 Å². The Hall–Kier alpha value is -1.88. The second-order valence-corrected chi connectivity index (χ2v) is 9.88. The molecule has 0 amide bonds. The van der Waals surface area contributed by atoms with Crippen molar-refractivity contribution in [1.82, 2.24) is 0 Å². The van der Waals surface area contributed by atoms with E-state index in [2.05, 4.69) is 4.72 Å². The number of nitrogens with one attached hydrogen (secondary N) is 1. The number of halogens is 3. The third-order valence-corrected chi connectivity index (χ3v) is 6.95. The quantitative estimate of drug-likeness (QED) is 0.690. The summed E-state index contributed by atoms with van der Waals surface area (Å²) in [6.45, 7) is 7.25. The monoisotopic (exact) mass is 459 g/mol. The second-order valence-electron chi connectivity index (χ2n) is 7.82. The Kier molecular flexibility index (Phi) is 5.83. The van der Waals surface area contributed by atoms with Crippen LogP contribution in [0.4, 0.5) is 14.5 Å². The highest BCUT2D eigenvalue weighted by molar-refractivity contribution is 7.92. The molecule has 0 saturated carbocycles. The maximum Gasteiger partial charge on any atom is 0.497 e. The van der Waals surface area contributed by atoms with Crippen molar-refractivity contribution in [2.75, 3.05) is 11.8 Å². The molecule has 3 rings (SSSR count). The number of methoxy groups -OCH3 is 1. The first-order chi connectivity index (χ1) is 13.8. The molecular weight excluding hydrogens is 439 g/mol. The maximum atomic E-state index is 15.1. The minimum Gasteiger partial charge on any atom is -0.495 e. The summed E-state index contributed by atoms with van der Waals surface area (Å²) in [6.07, 6.45) is 0. The predicted octanol–water partition coefficient (Wildman–Crippen LogP) is 3.73. The van der Waals surface area contributed by atoms with Gasteiger partial charge in [-0.15, -0.1) is 0 Å². The van der Waals surface area contributed by atoms with Crippen LogP contribution in [0.3, 0.4) is 0 Å². The Bertz CT molecular complexity index is 1080. The highest BCUT2D eigenvalue weighted by Crippen LogP contribution is 2.37. The molecule has 2 aromatic rings. The average Bonchev–Trinajstić information content (AvgIpc) is 2.85. The third-order valence-electron chi connectivity index (χ3n) is 5.28. The number of hydrogen-bond donors (Lipinski definition) is 1. The van der Waals surface area contributed by atoms with Crippen molar-refractivity contribution in [3.63, 3.8) is 0 Å². The molecule has 11 heteroatoms. The van der Waals surface area contributed by atoms with Gasteiger partial charge in [0.15, 0.2) is 0 Å². The summed E-state index contributed by atoms with van der Waals surface area (Å²) >= 11 is 5.92. The van der Waals surface area contributed by atoms with Crippen LogP contribution < -0.4 is 14.9 Å². The Morgan fingerprint density at radius 2 is 1.70 bits per heavy atom. The Morgan fingerprint density at radius 1 is 1.10 bits per heavy atom. The van der Waals surface area contributed by atoms with Gasteiger partial charge in [0.1, 0.15) is 22.3 Å². The zero-order valence-corrected chi connectivity index (χ0v) is 18.6. The topological polar surface area (TPSA) is 73.9 Å². The molecule has 1 aliphatic heterocycles. The summed E-state index contributed by atoms with van der Waals surface area (Å²) in [5, 5.41) is -0.106. The lowest BCUT2D eigenvalue weighted by molar-refractivity contribution is 0.00578. The minimum atomic E-state index is -4.49. The second kappa shape index (κ2) is 7.67. The lowest BCUT2D eigenvalue weighted by Crippen LogP contribution is -2.41. The smallest absolute Gasteiger partial charge is 0.495 e. The maximum absolute atomic E-state index is 15.1. The van der Waals surface area contributed by atoms with Crippen LogP contribution in [0.5, 0.6) is 5.75 Å². The molecule has 30 heavy (non-hydrogen) atoms.